The van der Waals surface area contributed by atoms with Crippen LogP contribution in [-0.2, 0) is 6.42 Å². The number of nitrogens with two attached hydrogens (primary N) is 1. The summed E-state index contributed by atoms with van der Waals surface area (Å²) in [6.45, 7) is 2.06. The van der Waals surface area contributed by atoms with Gasteiger partial charge in [-0.15, -0.1) is 0 Å². The molecule has 2 aromatic rings. The molecular formula is C14H14BrN5. The molecule has 0 bridgehead atoms. The van der Waals surface area contributed by atoms with Gasteiger partial charge in [-0.1, -0.05) is 22.9 Å². The first-order valence-corrected chi connectivity index (χ1v) is 7.01. The normalized spacial score (nSPS) is 10.1. The fraction of sp³-hybridized carbons (Fsp3) is 0.214. The molecule has 0 aliphatic heterocycles. The lowest BCUT2D eigenvalue weighted by Gasteiger charge is -2.10. The molecule has 0 aliphatic rings. The molecule has 0 unspecified atom stereocenters. The zero-order valence-electron chi connectivity index (χ0n) is 11.0. The molecule has 0 amide bonds. The van der Waals surface area contributed by atoms with E-state index in [1.165, 1.54) is 0 Å². The van der Waals surface area contributed by atoms with E-state index >= 15 is 0 Å². The Hall–Kier alpha value is -2.13. The van der Waals surface area contributed by atoms with Gasteiger partial charge in [-0.05, 0) is 24.6 Å². The van der Waals surface area contributed by atoms with Crippen LogP contribution in [0.25, 0.3) is 0 Å². The maximum Gasteiger partial charge on any atom is 0.136 e. The highest BCUT2D eigenvalue weighted by Crippen LogP contribution is 2.24. The van der Waals surface area contributed by atoms with E-state index in [4.69, 9.17) is 11.0 Å². The van der Waals surface area contributed by atoms with E-state index in [9.17, 15) is 0 Å². The van der Waals surface area contributed by atoms with E-state index < -0.39 is 0 Å². The third kappa shape index (κ3) is 3.45. The largest absolute Gasteiger partial charge is 0.384 e. The number of nitriles is 1. The van der Waals surface area contributed by atoms with Crippen molar-refractivity contribution in [2.75, 3.05) is 11.1 Å². The number of hydrogen-bond donors (Lipinski definition) is 2. The maximum atomic E-state index is 9.12. The highest BCUT2D eigenvalue weighted by Gasteiger charge is 2.06. The molecule has 102 valence electrons. The van der Waals surface area contributed by atoms with Crippen LogP contribution >= 0.6 is 15.9 Å². The third-order valence-electron chi connectivity index (χ3n) is 2.63. The van der Waals surface area contributed by atoms with Gasteiger partial charge in [0.15, 0.2) is 0 Å². The fourth-order valence-corrected chi connectivity index (χ4v) is 2.13. The summed E-state index contributed by atoms with van der Waals surface area (Å²) in [5.74, 6) is 1.71. The second-order valence-corrected chi connectivity index (χ2v) is 5.19. The van der Waals surface area contributed by atoms with Crippen molar-refractivity contribution in [1.82, 2.24) is 9.97 Å². The van der Waals surface area contributed by atoms with Crippen LogP contribution in [0.5, 0.6) is 0 Å². The summed E-state index contributed by atoms with van der Waals surface area (Å²) in [4.78, 5) is 8.57. The highest BCUT2D eigenvalue weighted by atomic mass is 79.9. The van der Waals surface area contributed by atoms with Crippen LogP contribution in [0.3, 0.4) is 0 Å². The standard InChI is InChI=1S/C14H14BrN5/c1-2-3-13-19-12(17)7-14(20-13)18-11-6-10(15)5-4-9(11)8-16/h4-7H,2-3H2,1H3,(H3,17,18,19,20). The van der Waals surface area contributed by atoms with E-state index in [-0.39, 0.29) is 0 Å². The van der Waals surface area contributed by atoms with Crippen LogP contribution in [0.4, 0.5) is 17.3 Å². The molecule has 20 heavy (non-hydrogen) atoms. The number of aromatic nitrogens is 2. The lowest BCUT2D eigenvalue weighted by atomic mass is 10.2. The molecule has 0 aliphatic carbocycles. The molecule has 0 fully saturated rings. The SMILES string of the molecule is CCCc1nc(N)cc(Nc2cc(Br)ccc2C#N)n1. The molecule has 0 spiro atoms. The van der Waals surface area contributed by atoms with E-state index in [1.807, 2.05) is 12.1 Å². The summed E-state index contributed by atoms with van der Waals surface area (Å²) in [5, 5.41) is 12.2. The summed E-state index contributed by atoms with van der Waals surface area (Å²) in [6.07, 6.45) is 1.71. The first-order chi connectivity index (χ1) is 9.62. The smallest absolute Gasteiger partial charge is 0.136 e. The zero-order valence-corrected chi connectivity index (χ0v) is 12.6. The summed E-state index contributed by atoms with van der Waals surface area (Å²) < 4.78 is 0.884. The minimum Gasteiger partial charge on any atom is -0.384 e. The first-order valence-electron chi connectivity index (χ1n) is 6.22. The summed E-state index contributed by atoms with van der Waals surface area (Å²) in [5.41, 5.74) is 7.01. The van der Waals surface area contributed by atoms with Crippen molar-refractivity contribution in [3.63, 3.8) is 0 Å². The second-order valence-electron chi connectivity index (χ2n) is 4.27. The van der Waals surface area contributed by atoms with Crippen molar-refractivity contribution in [3.05, 3.63) is 40.1 Å². The van der Waals surface area contributed by atoms with Crippen molar-refractivity contribution < 1.29 is 0 Å². The molecule has 0 atom stereocenters. The topological polar surface area (TPSA) is 87.6 Å². The van der Waals surface area contributed by atoms with Gasteiger partial charge >= 0.3 is 0 Å². The van der Waals surface area contributed by atoms with E-state index in [0.717, 1.165) is 17.3 Å². The van der Waals surface area contributed by atoms with E-state index in [2.05, 4.69) is 44.2 Å². The number of nitrogens with zero attached hydrogens (tertiary/aromatic N) is 3. The number of aryl methyl sites for hydroxylation is 1. The predicted molar refractivity (Wildman–Crippen MR) is 82.6 cm³/mol. The van der Waals surface area contributed by atoms with Crippen molar-refractivity contribution in [3.8, 4) is 6.07 Å². The average molecular weight is 332 g/mol. The van der Waals surface area contributed by atoms with Crippen molar-refractivity contribution >= 4 is 33.3 Å². The maximum absolute atomic E-state index is 9.12. The molecule has 5 nitrogen and oxygen atoms in total. The molecule has 3 N–H and O–H groups in total. The van der Waals surface area contributed by atoms with Gasteiger partial charge in [0.25, 0.3) is 0 Å². The number of hydrogen-bond acceptors (Lipinski definition) is 5. The molecular weight excluding hydrogens is 318 g/mol. The second kappa shape index (κ2) is 6.35. The van der Waals surface area contributed by atoms with Gasteiger partial charge in [0.2, 0.25) is 0 Å². The van der Waals surface area contributed by atoms with Crippen molar-refractivity contribution in [1.29, 1.82) is 5.26 Å². The van der Waals surface area contributed by atoms with Gasteiger partial charge in [-0.2, -0.15) is 5.26 Å². The van der Waals surface area contributed by atoms with Crippen LogP contribution in [-0.4, -0.2) is 9.97 Å². The summed E-state index contributed by atoms with van der Waals surface area (Å²) in [6, 6.07) is 9.18. The highest BCUT2D eigenvalue weighted by molar-refractivity contribution is 9.10. The van der Waals surface area contributed by atoms with Gasteiger partial charge in [0.05, 0.1) is 11.3 Å². The molecule has 1 aromatic heterocycles. The molecule has 0 radical (unpaired) electrons. The Morgan fingerprint density at radius 1 is 1.35 bits per heavy atom. The molecule has 0 saturated carbocycles. The Labute approximate surface area is 126 Å². The van der Waals surface area contributed by atoms with Crippen LogP contribution in [0.15, 0.2) is 28.7 Å². The van der Waals surface area contributed by atoms with Gasteiger partial charge in [-0.25, -0.2) is 9.97 Å². The number of anilines is 3. The van der Waals surface area contributed by atoms with Gasteiger partial charge in [0.1, 0.15) is 23.5 Å². The Bertz CT molecular complexity index is 663. The van der Waals surface area contributed by atoms with E-state index in [0.29, 0.717) is 28.7 Å². The molecule has 2 rings (SSSR count). The monoisotopic (exact) mass is 331 g/mol. The molecule has 1 heterocycles. The molecule has 6 heteroatoms. The quantitative estimate of drug-likeness (QED) is 0.896. The van der Waals surface area contributed by atoms with Crippen molar-refractivity contribution in [2.24, 2.45) is 0 Å². The Morgan fingerprint density at radius 3 is 2.85 bits per heavy atom. The van der Waals surface area contributed by atoms with E-state index in [1.54, 1.807) is 12.1 Å². The number of halogens is 1. The minimum atomic E-state index is 0.416. The average Bonchev–Trinajstić information content (AvgIpc) is 2.38. The van der Waals surface area contributed by atoms with Crippen LogP contribution < -0.4 is 11.1 Å². The van der Waals surface area contributed by atoms with Gasteiger partial charge in [0, 0.05) is 17.0 Å². The fourth-order valence-electron chi connectivity index (χ4n) is 1.77. The number of nitrogens with one attached hydrogen (secondary N) is 1. The summed E-state index contributed by atoms with van der Waals surface area (Å²) >= 11 is 3.39. The lowest BCUT2D eigenvalue weighted by Crippen LogP contribution is -2.04. The Morgan fingerprint density at radius 2 is 2.15 bits per heavy atom. The molecule has 0 saturated heterocycles. The molecule has 1 aromatic carbocycles. The van der Waals surface area contributed by atoms with Crippen molar-refractivity contribution in [2.45, 2.75) is 19.8 Å². The Kier molecular flexibility index (Phi) is 4.53. The third-order valence-corrected chi connectivity index (χ3v) is 3.12. The predicted octanol–water partition coefficient (Wildman–Crippen LogP) is 3.39. The number of rotatable bonds is 4. The first kappa shape index (κ1) is 14.3. The number of nitrogen functional groups attached to an aromatic ring is 1. The van der Waals surface area contributed by atoms with Crippen LogP contribution in [0, 0.1) is 11.3 Å². The minimum absolute atomic E-state index is 0.416. The van der Waals surface area contributed by atoms with Gasteiger partial charge in [-0.3, -0.25) is 0 Å². The van der Waals surface area contributed by atoms with Crippen LogP contribution in [0.1, 0.15) is 24.7 Å². The zero-order chi connectivity index (χ0) is 14.5. The van der Waals surface area contributed by atoms with Gasteiger partial charge < -0.3 is 11.1 Å². The summed E-state index contributed by atoms with van der Waals surface area (Å²) in [7, 11) is 0. The number of benzene rings is 1. The lowest BCUT2D eigenvalue weighted by molar-refractivity contribution is 0.839. The van der Waals surface area contributed by atoms with Crippen LogP contribution in [0.2, 0.25) is 0 Å². The Balaban J connectivity index is 2.35.